The van der Waals surface area contributed by atoms with Gasteiger partial charge in [0.2, 0.25) is 0 Å². The number of para-hydroxylation sites is 3. The number of hydrogen-bond acceptors (Lipinski definition) is 3. The van der Waals surface area contributed by atoms with E-state index in [0.717, 1.165) is 33.7 Å². The molecular weight excluding hydrogens is 236 g/mol. The van der Waals surface area contributed by atoms with Gasteiger partial charge < -0.3 is 4.74 Å². The summed E-state index contributed by atoms with van der Waals surface area (Å²) in [5.41, 5.74) is 4.71. The van der Waals surface area contributed by atoms with Gasteiger partial charge in [-0.1, -0.05) is 24.3 Å². The molecule has 0 spiro atoms. The van der Waals surface area contributed by atoms with Crippen molar-refractivity contribution in [3.05, 3.63) is 54.2 Å². The van der Waals surface area contributed by atoms with Crippen molar-refractivity contribution >= 4 is 11.0 Å². The van der Waals surface area contributed by atoms with Gasteiger partial charge in [-0.2, -0.15) is 0 Å². The molecule has 0 amide bonds. The first-order valence-electron chi connectivity index (χ1n) is 6.35. The summed E-state index contributed by atoms with van der Waals surface area (Å²) in [6, 6.07) is 15.9. The van der Waals surface area contributed by atoms with E-state index in [9.17, 15) is 0 Å². The van der Waals surface area contributed by atoms with Crippen LogP contribution >= 0.6 is 0 Å². The van der Waals surface area contributed by atoms with Crippen LogP contribution in [0.4, 0.5) is 0 Å². The zero-order chi connectivity index (χ0) is 12.8. The Morgan fingerprint density at radius 3 is 2.42 bits per heavy atom. The minimum atomic E-state index is -0.0676. The van der Waals surface area contributed by atoms with Gasteiger partial charge in [0.05, 0.1) is 11.0 Å². The number of rotatable bonds is 0. The van der Waals surface area contributed by atoms with E-state index in [1.165, 1.54) is 0 Å². The van der Waals surface area contributed by atoms with E-state index in [2.05, 4.69) is 0 Å². The van der Waals surface area contributed by atoms with Crippen LogP contribution < -0.4 is 4.74 Å². The monoisotopic (exact) mass is 248 g/mol. The summed E-state index contributed by atoms with van der Waals surface area (Å²) in [5.74, 6) is 0.882. The number of hydrogen-bond donors (Lipinski definition) is 0. The van der Waals surface area contributed by atoms with Gasteiger partial charge in [0, 0.05) is 5.56 Å². The van der Waals surface area contributed by atoms with Gasteiger partial charge in [0.25, 0.3) is 0 Å². The van der Waals surface area contributed by atoms with Crippen LogP contribution in [-0.2, 0) is 0 Å². The maximum Gasteiger partial charge on any atom is 0.140 e. The van der Waals surface area contributed by atoms with Gasteiger partial charge >= 0.3 is 0 Å². The molecule has 0 fully saturated rings. The molecule has 2 heterocycles. The van der Waals surface area contributed by atoms with Gasteiger partial charge in [-0.25, -0.2) is 9.97 Å². The summed E-state index contributed by atoms with van der Waals surface area (Å²) in [5, 5.41) is 0. The summed E-state index contributed by atoms with van der Waals surface area (Å²) in [4.78, 5) is 9.47. The standard InChI is InChI=1S/C16H12N2O/c1-10-15-16(11-6-2-5-9-14(11)19-10)18-13-8-4-3-7-12(13)17-15/h2-10H,1H3. The van der Waals surface area contributed by atoms with Crippen molar-refractivity contribution in [2.24, 2.45) is 0 Å². The van der Waals surface area contributed by atoms with Crippen LogP contribution in [0.25, 0.3) is 22.3 Å². The normalized spacial score (nSPS) is 16.6. The van der Waals surface area contributed by atoms with Gasteiger partial charge in [-0.15, -0.1) is 0 Å². The fraction of sp³-hybridized carbons (Fsp3) is 0.125. The average Bonchev–Trinajstić information content (AvgIpc) is 2.46. The minimum Gasteiger partial charge on any atom is -0.484 e. The third-order valence-electron chi connectivity index (χ3n) is 3.43. The van der Waals surface area contributed by atoms with Crippen molar-refractivity contribution < 1.29 is 4.74 Å². The van der Waals surface area contributed by atoms with Crippen LogP contribution in [0.3, 0.4) is 0 Å². The molecule has 0 radical (unpaired) electrons. The van der Waals surface area contributed by atoms with Gasteiger partial charge in [-0.05, 0) is 31.2 Å². The molecule has 1 aliphatic rings. The summed E-state index contributed by atoms with van der Waals surface area (Å²) in [7, 11) is 0. The van der Waals surface area contributed by atoms with Crippen LogP contribution in [0, 0.1) is 0 Å². The van der Waals surface area contributed by atoms with E-state index >= 15 is 0 Å². The molecule has 3 aromatic rings. The largest absolute Gasteiger partial charge is 0.484 e. The highest BCUT2D eigenvalue weighted by Gasteiger charge is 2.25. The third kappa shape index (κ3) is 1.51. The molecular formula is C16H12N2O. The van der Waals surface area contributed by atoms with Crippen LogP contribution in [-0.4, -0.2) is 9.97 Å². The Morgan fingerprint density at radius 1 is 0.895 bits per heavy atom. The van der Waals surface area contributed by atoms with Crippen LogP contribution in [0.5, 0.6) is 5.75 Å². The summed E-state index contributed by atoms with van der Waals surface area (Å²) in [6.07, 6.45) is -0.0676. The molecule has 1 unspecified atom stereocenters. The van der Waals surface area contributed by atoms with Crippen molar-refractivity contribution in [3.63, 3.8) is 0 Å². The maximum absolute atomic E-state index is 5.90. The highest BCUT2D eigenvalue weighted by atomic mass is 16.5. The lowest BCUT2D eigenvalue weighted by Crippen LogP contribution is -2.14. The van der Waals surface area contributed by atoms with Crippen molar-refractivity contribution in [2.75, 3.05) is 0 Å². The lowest BCUT2D eigenvalue weighted by atomic mass is 10.0. The van der Waals surface area contributed by atoms with E-state index in [1.54, 1.807) is 0 Å². The molecule has 3 heteroatoms. The molecule has 1 aromatic heterocycles. The first kappa shape index (κ1) is 10.5. The average molecular weight is 248 g/mol. The number of ether oxygens (including phenoxy) is 1. The Balaban J connectivity index is 2.08. The SMILES string of the molecule is CC1Oc2ccccc2-c2nc3ccccc3nc21. The number of benzene rings is 2. The molecule has 2 aromatic carbocycles. The Morgan fingerprint density at radius 2 is 1.58 bits per heavy atom. The molecule has 0 bridgehead atoms. The van der Waals surface area contributed by atoms with E-state index in [4.69, 9.17) is 14.7 Å². The molecule has 92 valence electrons. The molecule has 3 nitrogen and oxygen atoms in total. The second kappa shape index (κ2) is 3.79. The number of nitrogens with zero attached hydrogens (tertiary/aromatic N) is 2. The van der Waals surface area contributed by atoms with E-state index < -0.39 is 0 Å². The number of aromatic nitrogens is 2. The number of fused-ring (bicyclic) bond motifs is 4. The quantitative estimate of drug-likeness (QED) is 0.607. The Bertz CT molecular complexity index is 783. The second-order valence-electron chi connectivity index (χ2n) is 4.70. The topological polar surface area (TPSA) is 35.0 Å². The molecule has 0 saturated heterocycles. The van der Waals surface area contributed by atoms with Crippen molar-refractivity contribution in [1.29, 1.82) is 0 Å². The minimum absolute atomic E-state index is 0.0676. The smallest absolute Gasteiger partial charge is 0.140 e. The van der Waals surface area contributed by atoms with E-state index in [1.807, 2.05) is 55.5 Å². The summed E-state index contributed by atoms with van der Waals surface area (Å²) < 4.78 is 5.90. The fourth-order valence-electron chi connectivity index (χ4n) is 2.51. The zero-order valence-corrected chi connectivity index (χ0v) is 10.5. The fourth-order valence-corrected chi connectivity index (χ4v) is 2.51. The maximum atomic E-state index is 5.90. The molecule has 0 aliphatic carbocycles. The Kier molecular flexibility index (Phi) is 2.09. The summed E-state index contributed by atoms with van der Waals surface area (Å²) in [6.45, 7) is 2.01. The lowest BCUT2D eigenvalue weighted by Gasteiger charge is -2.24. The molecule has 4 rings (SSSR count). The molecule has 1 atom stereocenters. The summed E-state index contributed by atoms with van der Waals surface area (Å²) >= 11 is 0. The molecule has 19 heavy (non-hydrogen) atoms. The van der Waals surface area contributed by atoms with Crippen LogP contribution in [0.15, 0.2) is 48.5 Å². The Labute approximate surface area is 110 Å². The van der Waals surface area contributed by atoms with Crippen LogP contribution in [0.2, 0.25) is 0 Å². The van der Waals surface area contributed by atoms with Crippen molar-refractivity contribution in [2.45, 2.75) is 13.0 Å². The van der Waals surface area contributed by atoms with Crippen molar-refractivity contribution in [1.82, 2.24) is 9.97 Å². The van der Waals surface area contributed by atoms with E-state index in [-0.39, 0.29) is 6.10 Å². The van der Waals surface area contributed by atoms with E-state index in [0.29, 0.717) is 0 Å². The van der Waals surface area contributed by atoms with Crippen molar-refractivity contribution in [3.8, 4) is 17.0 Å². The highest BCUT2D eigenvalue weighted by Crippen LogP contribution is 2.40. The Hall–Kier alpha value is -2.42. The second-order valence-corrected chi connectivity index (χ2v) is 4.70. The lowest BCUT2D eigenvalue weighted by molar-refractivity contribution is 0.218. The van der Waals surface area contributed by atoms with Crippen LogP contribution in [0.1, 0.15) is 18.7 Å². The molecule has 1 aliphatic heterocycles. The molecule has 0 N–H and O–H groups in total. The van der Waals surface area contributed by atoms with Gasteiger partial charge in [-0.3, -0.25) is 0 Å². The zero-order valence-electron chi connectivity index (χ0n) is 10.5. The first-order valence-corrected chi connectivity index (χ1v) is 6.35. The first-order chi connectivity index (χ1) is 9.33. The van der Waals surface area contributed by atoms with Gasteiger partial charge in [0.15, 0.2) is 0 Å². The predicted octanol–water partition coefficient (Wildman–Crippen LogP) is 3.75. The molecule has 0 saturated carbocycles. The predicted molar refractivity (Wildman–Crippen MR) is 74.0 cm³/mol. The third-order valence-corrected chi connectivity index (χ3v) is 3.43. The van der Waals surface area contributed by atoms with Gasteiger partial charge in [0.1, 0.15) is 23.2 Å². The highest BCUT2D eigenvalue weighted by molar-refractivity contribution is 5.81.